The van der Waals surface area contributed by atoms with Crippen molar-refractivity contribution >= 4 is 50.6 Å². The van der Waals surface area contributed by atoms with Crippen molar-refractivity contribution in [2.24, 2.45) is 5.10 Å². The standard InChI is InChI=1S/C16H14BrIN2O3/c1-10-4-2-3-5-14(10)23-9-15(21)20-19-8-11-6-12(17)7-13(18)16(11)22/h2-8,22H,9H2,1H3,(H,20,21). The number of amides is 1. The Hall–Kier alpha value is -1.61. The van der Waals surface area contributed by atoms with Gasteiger partial charge in [-0.3, -0.25) is 4.79 Å². The van der Waals surface area contributed by atoms with E-state index in [-0.39, 0.29) is 18.3 Å². The number of aryl methyl sites for hydroxylation is 1. The lowest BCUT2D eigenvalue weighted by atomic mass is 10.2. The zero-order chi connectivity index (χ0) is 16.8. The Morgan fingerprint density at radius 3 is 2.91 bits per heavy atom. The third-order valence-electron chi connectivity index (χ3n) is 2.90. The Morgan fingerprint density at radius 2 is 2.17 bits per heavy atom. The number of para-hydroxylation sites is 1. The molecule has 2 aromatic carbocycles. The highest BCUT2D eigenvalue weighted by atomic mass is 127. The third-order valence-corrected chi connectivity index (χ3v) is 4.18. The Labute approximate surface area is 156 Å². The second-order valence-corrected chi connectivity index (χ2v) is 6.75. The van der Waals surface area contributed by atoms with E-state index in [4.69, 9.17) is 4.74 Å². The summed E-state index contributed by atoms with van der Waals surface area (Å²) in [5, 5.41) is 13.7. The number of phenols is 1. The van der Waals surface area contributed by atoms with Crippen molar-refractivity contribution in [3.8, 4) is 11.5 Å². The first kappa shape index (κ1) is 17.7. The predicted octanol–water partition coefficient (Wildman–Crippen LogP) is 3.60. The van der Waals surface area contributed by atoms with Crippen LogP contribution >= 0.6 is 38.5 Å². The summed E-state index contributed by atoms with van der Waals surface area (Å²) >= 11 is 5.36. The molecule has 2 aromatic rings. The van der Waals surface area contributed by atoms with Crippen LogP contribution in [-0.4, -0.2) is 23.8 Å². The fraction of sp³-hybridized carbons (Fsp3) is 0.125. The van der Waals surface area contributed by atoms with Crippen molar-refractivity contribution in [1.82, 2.24) is 5.43 Å². The molecule has 0 aliphatic rings. The van der Waals surface area contributed by atoms with Gasteiger partial charge in [0.15, 0.2) is 6.61 Å². The zero-order valence-electron chi connectivity index (χ0n) is 12.2. The fourth-order valence-electron chi connectivity index (χ4n) is 1.75. The normalized spacial score (nSPS) is 10.7. The molecular weight excluding hydrogens is 475 g/mol. The molecule has 2 rings (SSSR count). The molecule has 120 valence electrons. The van der Waals surface area contributed by atoms with E-state index >= 15 is 0 Å². The van der Waals surface area contributed by atoms with Crippen LogP contribution in [-0.2, 0) is 4.79 Å². The summed E-state index contributed by atoms with van der Waals surface area (Å²) in [6.07, 6.45) is 1.38. The average Bonchev–Trinajstić information content (AvgIpc) is 2.51. The lowest BCUT2D eigenvalue weighted by Gasteiger charge is -2.07. The topological polar surface area (TPSA) is 70.9 Å². The Kier molecular flexibility index (Phi) is 6.40. The number of carbonyl (C=O) groups is 1. The van der Waals surface area contributed by atoms with Crippen molar-refractivity contribution in [3.05, 3.63) is 55.6 Å². The number of rotatable bonds is 5. The zero-order valence-corrected chi connectivity index (χ0v) is 16.0. The Balaban J connectivity index is 1.91. The fourth-order valence-corrected chi connectivity index (χ4v) is 3.30. The Morgan fingerprint density at radius 1 is 1.43 bits per heavy atom. The minimum Gasteiger partial charge on any atom is -0.506 e. The van der Waals surface area contributed by atoms with Crippen LogP contribution in [0, 0.1) is 10.5 Å². The van der Waals surface area contributed by atoms with Crippen molar-refractivity contribution in [2.75, 3.05) is 6.61 Å². The number of benzene rings is 2. The molecule has 0 aliphatic heterocycles. The Bertz CT molecular complexity index is 750. The summed E-state index contributed by atoms with van der Waals surface area (Å²) < 4.78 is 6.92. The number of nitrogens with one attached hydrogen (secondary N) is 1. The van der Waals surface area contributed by atoms with E-state index in [0.717, 1.165) is 10.0 Å². The second kappa shape index (κ2) is 8.30. The van der Waals surface area contributed by atoms with Gasteiger partial charge >= 0.3 is 0 Å². The summed E-state index contributed by atoms with van der Waals surface area (Å²) in [7, 11) is 0. The van der Waals surface area contributed by atoms with Crippen LogP contribution in [0.3, 0.4) is 0 Å². The molecule has 0 spiro atoms. The number of hydrogen-bond acceptors (Lipinski definition) is 4. The van der Waals surface area contributed by atoms with Crippen LogP contribution in [0.15, 0.2) is 46.0 Å². The summed E-state index contributed by atoms with van der Waals surface area (Å²) in [5.41, 5.74) is 3.82. The van der Waals surface area contributed by atoms with Gasteiger partial charge in [0.05, 0.1) is 9.78 Å². The minimum absolute atomic E-state index is 0.114. The second-order valence-electron chi connectivity index (χ2n) is 4.67. The number of phenolic OH excluding ortho intramolecular Hbond substituents is 1. The van der Waals surface area contributed by atoms with Crippen LogP contribution in [0.4, 0.5) is 0 Å². The molecule has 0 unspecified atom stereocenters. The van der Waals surface area contributed by atoms with Gasteiger partial charge in [-0.1, -0.05) is 34.1 Å². The van der Waals surface area contributed by atoms with Gasteiger partial charge in [0.25, 0.3) is 5.91 Å². The molecule has 23 heavy (non-hydrogen) atoms. The highest BCUT2D eigenvalue weighted by Crippen LogP contribution is 2.27. The van der Waals surface area contributed by atoms with E-state index in [9.17, 15) is 9.90 Å². The molecule has 0 aromatic heterocycles. The van der Waals surface area contributed by atoms with Gasteiger partial charge in [0, 0.05) is 10.0 Å². The van der Waals surface area contributed by atoms with Crippen LogP contribution in [0.1, 0.15) is 11.1 Å². The number of ether oxygens (including phenoxy) is 1. The average molecular weight is 489 g/mol. The summed E-state index contributed by atoms with van der Waals surface area (Å²) in [6, 6.07) is 10.9. The first-order valence-electron chi connectivity index (χ1n) is 6.65. The van der Waals surface area contributed by atoms with Crippen molar-refractivity contribution < 1.29 is 14.6 Å². The molecule has 1 amide bonds. The number of hydrogen-bond donors (Lipinski definition) is 2. The molecule has 0 heterocycles. The largest absolute Gasteiger partial charge is 0.506 e. The van der Waals surface area contributed by atoms with Crippen molar-refractivity contribution in [3.63, 3.8) is 0 Å². The summed E-state index contributed by atoms with van der Waals surface area (Å²) in [4.78, 5) is 11.7. The van der Waals surface area contributed by atoms with E-state index < -0.39 is 0 Å². The molecule has 0 aliphatic carbocycles. The number of nitrogens with zero attached hydrogens (tertiary/aromatic N) is 1. The van der Waals surface area contributed by atoms with Crippen LogP contribution in [0.5, 0.6) is 11.5 Å². The molecule has 0 radical (unpaired) electrons. The molecule has 0 atom stereocenters. The van der Waals surface area contributed by atoms with E-state index in [1.165, 1.54) is 6.21 Å². The molecule has 2 N–H and O–H groups in total. The monoisotopic (exact) mass is 488 g/mol. The molecule has 7 heteroatoms. The lowest BCUT2D eigenvalue weighted by molar-refractivity contribution is -0.123. The maximum absolute atomic E-state index is 11.7. The first-order chi connectivity index (χ1) is 11.0. The maximum atomic E-state index is 11.7. The number of halogens is 2. The van der Waals surface area contributed by atoms with Gasteiger partial charge in [0.2, 0.25) is 0 Å². The van der Waals surface area contributed by atoms with E-state index in [1.807, 2.05) is 47.7 Å². The van der Waals surface area contributed by atoms with Gasteiger partial charge in [-0.2, -0.15) is 5.10 Å². The van der Waals surface area contributed by atoms with Gasteiger partial charge in [-0.25, -0.2) is 5.43 Å². The first-order valence-corrected chi connectivity index (χ1v) is 8.53. The van der Waals surface area contributed by atoms with Crippen molar-refractivity contribution in [1.29, 1.82) is 0 Å². The van der Waals surface area contributed by atoms with Crippen molar-refractivity contribution in [2.45, 2.75) is 6.92 Å². The van der Waals surface area contributed by atoms with Gasteiger partial charge in [0.1, 0.15) is 11.5 Å². The summed E-state index contributed by atoms with van der Waals surface area (Å²) in [5.74, 6) is 0.391. The highest BCUT2D eigenvalue weighted by molar-refractivity contribution is 14.1. The predicted molar refractivity (Wildman–Crippen MR) is 101 cm³/mol. The minimum atomic E-state index is -0.381. The van der Waals surface area contributed by atoms with Crippen LogP contribution in [0.25, 0.3) is 0 Å². The van der Waals surface area contributed by atoms with E-state index in [1.54, 1.807) is 18.2 Å². The molecule has 0 fully saturated rings. The quantitative estimate of drug-likeness (QED) is 0.384. The highest BCUT2D eigenvalue weighted by Gasteiger charge is 2.06. The van der Waals surface area contributed by atoms with E-state index in [2.05, 4.69) is 26.5 Å². The van der Waals surface area contributed by atoms with E-state index in [0.29, 0.717) is 14.9 Å². The maximum Gasteiger partial charge on any atom is 0.277 e. The van der Waals surface area contributed by atoms with Gasteiger partial charge in [-0.05, 0) is 53.3 Å². The number of carbonyl (C=O) groups excluding carboxylic acids is 1. The third kappa shape index (κ3) is 5.21. The SMILES string of the molecule is Cc1ccccc1OCC(=O)NN=Cc1cc(Br)cc(I)c1O. The van der Waals surface area contributed by atoms with Gasteiger partial charge < -0.3 is 9.84 Å². The van der Waals surface area contributed by atoms with Crippen LogP contribution < -0.4 is 10.2 Å². The smallest absolute Gasteiger partial charge is 0.277 e. The lowest BCUT2D eigenvalue weighted by Crippen LogP contribution is -2.24. The molecule has 5 nitrogen and oxygen atoms in total. The number of aromatic hydroxyl groups is 1. The molecule has 0 saturated heterocycles. The molecular formula is C16H14BrIN2O3. The van der Waals surface area contributed by atoms with Gasteiger partial charge in [-0.15, -0.1) is 0 Å². The van der Waals surface area contributed by atoms with Crippen LogP contribution in [0.2, 0.25) is 0 Å². The molecule has 0 bridgehead atoms. The number of hydrazone groups is 1. The molecule has 0 saturated carbocycles. The summed E-state index contributed by atoms with van der Waals surface area (Å²) in [6.45, 7) is 1.77.